The molecule has 3 rings (SSSR count). The number of aromatic nitrogens is 2. The van der Waals surface area contributed by atoms with Crippen LogP contribution in [0.3, 0.4) is 0 Å². The maximum Gasteiger partial charge on any atom is 0.246 e. The van der Waals surface area contributed by atoms with Gasteiger partial charge in [-0.05, 0) is 18.6 Å². The first-order valence-corrected chi connectivity index (χ1v) is 10.8. The molecule has 0 aliphatic carbocycles. The third kappa shape index (κ3) is 5.00. The van der Waals surface area contributed by atoms with Gasteiger partial charge in [0.1, 0.15) is 6.54 Å². The Bertz CT molecular complexity index is 1100. The van der Waals surface area contributed by atoms with Gasteiger partial charge in [0.25, 0.3) is 0 Å². The number of hydrogen-bond donors (Lipinski definition) is 0. The molecule has 0 N–H and O–H groups in total. The van der Waals surface area contributed by atoms with Gasteiger partial charge >= 0.3 is 0 Å². The number of para-hydroxylation sites is 1. The van der Waals surface area contributed by atoms with E-state index in [1.807, 2.05) is 36.4 Å². The molecule has 0 spiro atoms. The van der Waals surface area contributed by atoms with Gasteiger partial charge in [-0.3, -0.25) is 9.10 Å². The standard InChI is InChI=1S/C20H22N4O4S/c1-15-9-7-8-12-17(15)24(29(3,26)27)14-19(25)23(2)13-18-21-20(22-28-18)16-10-5-4-6-11-16/h4-12H,13-14H2,1-3H3. The third-order valence-electron chi connectivity index (χ3n) is 4.36. The van der Waals surface area contributed by atoms with E-state index in [1.165, 1.54) is 4.90 Å². The summed E-state index contributed by atoms with van der Waals surface area (Å²) in [4.78, 5) is 18.4. The summed E-state index contributed by atoms with van der Waals surface area (Å²) < 4.78 is 30.9. The second kappa shape index (κ2) is 8.44. The Hall–Kier alpha value is -3.20. The van der Waals surface area contributed by atoms with E-state index in [9.17, 15) is 13.2 Å². The van der Waals surface area contributed by atoms with E-state index in [4.69, 9.17) is 4.52 Å². The molecule has 152 valence electrons. The van der Waals surface area contributed by atoms with Crippen LogP contribution in [-0.4, -0.2) is 49.2 Å². The highest BCUT2D eigenvalue weighted by Crippen LogP contribution is 2.22. The molecule has 1 heterocycles. The van der Waals surface area contributed by atoms with Gasteiger partial charge in [0, 0.05) is 12.6 Å². The lowest BCUT2D eigenvalue weighted by Gasteiger charge is -2.25. The predicted molar refractivity (Wildman–Crippen MR) is 110 cm³/mol. The van der Waals surface area contributed by atoms with Crippen molar-refractivity contribution in [3.63, 3.8) is 0 Å². The molecule has 0 aliphatic rings. The lowest BCUT2D eigenvalue weighted by Crippen LogP contribution is -2.41. The molecule has 0 bridgehead atoms. The van der Waals surface area contributed by atoms with Crippen molar-refractivity contribution in [1.82, 2.24) is 15.0 Å². The Morgan fingerprint density at radius 2 is 1.72 bits per heavy atom. The molecular weight excluding hydrogens is 392 g/mol. The molecule has 29 heavy (non-hydrogen) atoms. The maximum atomic E-state index is 12.7. The van der Waals surface area contributed by atoms with Crippen LogP contribution >= 0.6 is 0 Å². The molecule has 0 atom stereocenters. The molecule has 1 aromatic heterocycles. The van der Waals surface area contributed by atoms with E-state index in [2.05, 4.69) is 10.1 Å². The van der Waals surface area contributed by atoms with Gasteiger partial charge in [-0.25, -0.2) is 8.42 Å². The van der Waals surface area contributed by atoms with Crippen LogP contribution in [-0.2, 0) is 21.4 Å². The number of carbonyl (C=O) groups excluding carboxylic acids is 1. The minimum Gasteiger partial charge on any atom is -0.337 e. The van der Waals surface area contributed by atoms with E-state index >= 15 is 0 Å². The zero-order chi connectivity index (χ0) is 21.0. The molecule has 0 saturated carbocycles. The molecule has 8 nitrogen and oxygen atoms in total. The van der Waals surface area contributed by atoms with Crippen LogP contribution in [0.25, 0.3) is 11.4 Å². The van der Waals surface area contributed by atoms with Crippen molar-refractivity contribution < 1.29 is 17.7 Å². The van der Waals surface area contributed by atoms with Gasteiger partial charge in [-0.2, -0.15) is 4.98 Å². The van der Waals surface area contributed by atoms with Crippen molar-refractivity contribution in [1.29, 1.82) is 0 Å². The summed E-state index contributed by atoms with van der Waals surface area (Å²) in [6.07, 6.45) is 1.08. The number of nitrogens with zero attached hydrogens (tertiary/aromatic N) is 4. The van der Waals surface area contributed by atoms with Crippen LogP contribution in [0, 0.1) is 6.92 Å². The van der Waals surface area contributed by atoms with Crippen molar-refractivity contribution in [2.45, 2.75) is 13.5 Å². The van der Waals surface area contributed by atoms with Crippen LogP contribution in [0.15, 0.2) is 59.1 Å². The minimum atomic E-state index is -3.64. The number of benzene rings is 2. The topological polar surface area (TPSA) is 96.6 Å². The number of amides is 1. The first kappa shape index (κ1) is 20.5. The fourth-order valence-electron chi connectivity index (χ4n) is 2.78. The highest BCUT2D eigenvalue weighted by Gasteiger charge is 2.24. The van der Waals surface area contributed by atoms with Gasteiger partial charge < -0.3 is 9.42 Å². The molecule has 0 radical (unpaired) electrons. The van der Waals surface area contributed by atoms with E-state index in [0.717, 1.165) is 21.7 Å². The number of rotatable bonds is 7. The molecule has 0 unspecified atom stereocenters. The van der Waals surface area contributed by atoms with Gasteiger partial charge in [0.05, 0.1) is 18.5 Å². The Balaban J connectivity index is 1.73. The molecule has 2 aromatic carbocycles. The van der Waals surface area contributed by atoms with Gasteiger partial charge in [-0.15, -0.1) is 0 Å². The first-order valence-electron chi connectivity index (χ1n) is 8.91. The molecule has 0 aliphatic heterocycles. The van der Waals surface area contributed by atoms with E-state index in [1.54, 1.807) is 32.2 Å². The number of anilines is 1. The highest BCUT2D eigenvalue weighted by molar-refractivity contribution is 7.92. The van der Waals surface area contributed by atoms with Crippen molar-refractivity contribution >= 4 is 21.6 Å². The highest BCUT2D eigenvalue weighted by atomic mass is 32.2. The second-order valence-electron chi connectivity index (χ2n) is 6.68. The summed E-state index contributed by atoms with van der Waals surface area (Å²) in [6, 6.07) is 16.4. The quantitative estimate of drug-likeness (QED) is 0.589. The average molecular weight is 414 g/mol. The summed E-state index contributed by atoms with van der Waals surface area (Å²) in [5, 5.41) is 3.93. The summed E-state index contributed by atoms with van der Waals surface area (Å²) in [5.41, 5.74) is 2.04. The molecule has 9 heteroatoms. The number of hydrogen-bond acceptors (Lipinski definition) is 6. The van der Waals surface area contributed by atoms with Crippen molar-refractivity contribution in [3.8, 4) is 11.4 Å². The zero-order valence-corrected chi connectivity index (χ0v) is 17.3. The first-order chi connectivity index (χ1) is 13.8. The Labute approximate surface area is 169 Å². The number of aryl methyl sites for hydroxylation is 1. The van der Waals surface area contributed by atoms with Crippen LogP contribution in [0.2, 0.25) is 0 Å². The molecule has 3 aromatic rings. The summed E-state index contributed by atoms with van der Waals surface area (Å²) in [5.74, 6) is 0.304. The average Bonchev–Trinajstić information content (AvgIpc) is 3.15. The van der Waals surface area contributed by atoms with Crippen molar-refractivity contribution in [3.05, 3.63) is 66.1 Å². The summed E-state index contributed by atoms with van der Waals surface area (Å²) in [7, 11) is -2.08. The Morgan fingerprint density at radius 3 is 2.38 bits per heavy atom. The third-order valence-corrected chi connectivity index (χ3v) is 5.49. The normalized spacial score (nSPS) is 11.3. The maximum absolute atomic E-state index is 12.7. The monoisotopic (exact) mass is 414 g/mol. The SMILES string of the molecule is Cc1ccccc1N(CC(=O)N(C)Cc1nc(-c2ccccc2)no1)S(C)(=O)=O. The number of likely N-dealkylation sites (N-methyl/N-ethyl adjacent to an activating group) is 1. The van der Waals surface area contributed by atoms with E-state index < -0.39 is 15.9 Å². The predicted octanol–water partition coefficient (Wildman–Crippen LogP) is 2.47. The van der Waals surface area contributed by atoms with E-state index in [0.29, 0.717) is 11.5 Å². The van der Waals surface area contributed by atoms with Crippen LogP contribution in [0.4, 0.5) is 5.69 Å². The zero-order valence-electron chi connectivity index (χ0n) is 16.4. The molecular formula is C20H22N4O4S. The Kier molecular flexibility index (Phi) is 5.97. The van der Waals surface area contributed by atoms with E-state index in [-0.39, 0.29) is 19.0 Å². The molecule has 0 saturated heterocycles. The van der Waals surface area contributed by atoms with Crippen molar-refractivity contribution in [2.24, 2.45) is 0 Å². The fraction of sp³-hybridized carbons (Fsp3) is 0.250. The van der Waals surface area contributed by atoms with Crippen molar-refractivity contribution in [2.75, 3.05) is 24.2 Å². The fourth-order valence-corrected chi connectivity index (χ4v) is 3.69. The smallest absolute Gasteiger partial charge is 0.246 e. The van der Waals surface area contributed by atoms with Gasteiger partial charge in [0.2, 0.25) is 27.6 Å². The van der Waals surface area contributed by atoms with Crippen LogP contribution in [0.1, 0.15) is 11.5 Å². The van der Waals surface area contributed by atoms with Gasteiger partial charge in [0.15, 0.2) is 0 Å². The lowest BCUT2D eigenvalue weighted by atomic mass is 10.2. The lowest BCUT2D eigenvalue weighted by molar-refractivity contribution is -0.129. The van der Waals surface area contributed by atoms with Crippen LogP contribution < -0.4 is 4.31 Å². The minimum absolute atomic E-state index is 0.0735. The largest absolute Gasteiger partial charge is 0.337 e. The number of sulfonamides is 1. The summed E-state index contributed by atoms with van der Waals surface area (Å²) >= 11 is 0. The van der Waals surface area contributed by atoms with Crippen LogP contribution in [0.5, 0.6) is 0 Å². The second-order valence-corrected chi connectivity index (χ2v) is 8.59. The molecule has 0 fully saturated rings. The van der Waals surface area contributed by atoms with Gasteiger partial charge in [-0.1, -0.05) is 53.7 Å². The summed E-state index contributed by atoms with van der Waals surface area (Å²) in [6.45, 7) is 1.55. The molecule has 1 amide bonds. The Morgan fingerprint density at radius 1 is 1.07 bits per heavy atom. The number of carbonyl (C=O) groups is 1.